The number of rotatable bonds is 9. The summed E-state index contributed by atoms with van der Waals surface area (Å²) in [7, 11) is 0. The van der Waals surface area contributed by atoms with Gasteiger partial charge in [-0.3, -0.25) is 4.79 Å². The Morgan fingerprint density at radius 2 is 1.63 bits per heavy atom. The second-order valence-electron chi connectivity index (χ2n) is 7.41. The zero-order chi connectivity index (χ0) is 22.4. The molecule has 1 heterocycles. The first kappa shape index (κ1) is 23.2. The molecule has 2 aromatic rings. The summed E-state index contributed by atoms with van der Waals surface area (Å²) in [5.41, 5.74) is 3.41. The average Bonchev–Trinajstić information content (AvgIpc) is 2.98. The fourth-order valence-corrected chi connectivity index (χ4v) is 3.23. The standard InChI is InChI=1S/C23H29NO6/c1-7-28-23(27)22-16(6)24-15(5)21(22)18(25)11-30-20(26)12-29-19-10-14(4)8-9-17(19)13(2)3/h8-10,13,24H,7,11-12H2,1-6H3. The minimum absolute atomic E-state index is 0.174. The van der Waals surface area contributed by atoms with Gasteiger partial charge in [-0.1, -0.05) is 26.0 Å². The molecule has 0 atom stereocenters. The van der Waals surface area contributed by atoms with Gasteiger partial charge in [0.25, 0.3) is 0 Å². The lowest BCUT2D eigenvalue weighted by molar-refractivity contribution is -0.144. The van der Waals surface area contributed by atoms with Crippen LogP contribution in [0.25, 0.3) is 0 Å². The fourth-order valence-electron chi connectivity index (χ4n) is 3.23. The molecule has 30 heavy (non-hydrogen) atoms. The van der Waals surface area contributed by atoms with E-state index in [0.717, 1.165) is 11.1 Å². The van der Waals surface area contributed by atoms with Gasteiger partial charge in [0.05, 0.1) is 17.7 Å². The van der Waals surface area contributed by atoms with E-state index in [1.807, 2.05) is 39.0 Å². The van der Waals surface area contributed by atoms with E-state index in [-0.39, 0.29) is 30.3 Å². The summed E-state index contributed by atoms with van der Waals surface area (Å²) in [5.74, 6) is -0.874. The molecule has 7 nitrogen and oxygen atoms in total. The van der Waals surface area contributed by atoms with E-state index in [1.54, 1.807) is 20.8 Å². The first-order chi connectivity index (χ1) is 14.1. The number of esters is 2. The second-order valence-corrected chi connectivity index (χ2v) is 7.41. The van der Waals surface area contributed by atoms with Gasteiger partial charge in [0.1, 0.15) is 5.75 Å². The third-order valence-corrected chi connectivity index (χ3v) is 4.63. The van der Waals surface area contributed by atoms with Gasteiger partial charge in [-0.25, -0.2) is 9.59 Å². The average molecular weight is 415 g/mol. The molecule has 0 fully saturated rings. The van der Waals surface area contributed by atoms with E-state index in [0.29, 0.717) is 17.1 Å². The number of carbonyl (C=O) groups is 3. The number of nitrogens with one attached hydrogen (secondary N) is 1. The van der Waals surface area contributed by atoms with Crippen molar-refractivity contribution < 1.29 is 28.6 Å². The summed E-state index contributed by atoms with van der Waals surface area (Å²) >= 11 is 0. The Bertz CT molecular complexity index is 941. The fraction of sp³-hybridized carbons (Fsp3) is 0.435. The van der Waals surface area contributed by atoms with Crippen molar-refractivity contribution in [3.05, 3.63) is 51.8 Å². The number of H-pyrrole nitrogens is 1. The van der Waals surface area contributed by atoms with Crippen molar-refractivity contribution in [2.75, 3.05) is 19.8 Å². The smallest absolute Gasteiger partial charge is 0.344 e. The van der Waals surface area contributed by atoms with E-state index in [2.05, 4.69) is 4.98 Å². The van der Waals surface area contributed by atoms with Gasteiger partial charge in [-0.2, -0.15) is 0 Å². The number of carbonyl (C=O) groups excluding carboxylic acids is 3. The molecule has 0 radical (unpaired) electrons. The van der Waals surface area contributed by atoms with Crippen molar-refractivity contribution in [2.45, 2.75) is 47.5 Å². The van der Waals surface area contributed by atoms with Crippen LogP contribution in [0.4, 0.5) is 0 Å². The predicted molar refractivity (Wildman–Crippen MR) is 112 cm³/mol. The van der Waals surface area contributed by atoms with Gasteiger partial charge in [0.15, 0.2) is 13.2 Å². The number of aryl methyl sites for hydroxylation is 3. The molecule has 7 heteroatoms. The molecule has 0 aliphatic rings. The maximum atomic E-state index is 12.6. The first-order valence-electron chi connectivity index (χ1n) is 9.94. The molecule has 1 aromatic carbocycles. The summed E-state index contributed by atoms with van der Waals surface area (Å²) in [6.45, 7) is 10.5. The van der Waals surface area contributed by atoms with Crippen LogP contribution in [0, 0.1) is 20.8 Å². The van der Waals surface area contributed by atoms with Crippen LogP contribution in [-0.2, 0) is 14.3 Å². The minimum Gasteiger partial charge on any atom is -0.482 e. The van der Waals surface area contributed by atoms with Crippen molar-refractivity contribution >= 4 is 17.7 Å². The van der Waals surface area contributed by atoms with Crippen molar-refractivity contribution in [2.24, 2.45) is 0 Å². The lowest BCUT2D eigenvalue weighted by Crippen LogP contribution is -2.21. The maximum absolute atomic E-state index is 12.6. The molecular weight excluding hydrogens is 386 g/mol. The van der Waals surface area contributed by atoms with Crippen LogP contribution in [0.5, 0.6) is 5.75 Å². The Kier molecular flexibility index (Phi) is 7.80. The summed E-state index contributed by atoms with van der Waals surface area (Å²) in [6, 6.07) is 5.82. The van der Waals surface area contributed by atoms with Gasteiger partial charge in [0, 0.05) is 11.4 Å². The van der Waals surface area contributed by atoms with Crippen molar-refractivity contribution in [3.63, 3.8) is 0 Å². The third-order valence-electron chi connectivity index (χ3n) is 4.63. The lowest BCUT2D eigenvalue weighted by atomic mass is 10.0. The number of aromatic nitrogens is 1. The summed E-state index contributed by atoms with van der Waals surface area (Å²) < 4.78 is 15.8. The summed E-state index contributed by atoms with van der Waals surface area (Å²) in [6.07, 6.45) is 0. The van der Waals surface area contributed by atoms with E-state index in [4.69, 9.17) is 14.2 Å². The predicted octanol–water partition coefficient (Wildman–Crippen LogP) is 4.04. The van der Waals surface area contributed by atoms with Crippen LogP contribution in [0.15, 0.2) is 18.2 Å². The summed E-state index contributed by atoms with van der Waals surface area (Å²) in [5, 5.41) is 0. The van der Waals surface area contributed by atoms with Crippen LogP contribution in [0.3, 0.4) is 0 Å². The molecule has 0 aliphatic carbocycles. The van der Waals surface area contributed by atoms with Crippen LogP contribution in [-0.4, -0.2) is 42.5 Å². The number of ketones is 1. The Morgan fingerprint density at radius 3 is 2.27 bits per heavy atom. The van der Waals surface area contributed by atoms with Crippen molar-refractivity contribution in [1.82, 2.24) is 4.98 Å². The molecule has 0 unspecified atom stereocenters. The SMILES string of the molecule is CCOC(=O)c1c(C)[nH]c(C)c1C(=O)COC(=O)COc1cc(C)ccc1C(C)C. The molecular formula is C23H29NO6. The van der Waals surface area contributed by atoms with Gasteiger partial charge < -0.3 is 19.2 Å². The number of aromatic amines is 1. The topological polar surface area (TPSA) is 94.7 Å². The van der Waals surface area contributed by atoms with E-state index in [9.17, 15) is 14.4 Å². The van der Waals surface area contributed by atoms with Crippen LogP contribution < -0.4 is 4.74 Å². The van der Waals surface area contributed by atoms with Gasteiger partial charge in [-0.15, -0.1) is 0 Å². The molecule has 0 saturated heterocycles. The Morgan fingerprint density at radius 1 is 0.967 bits per heavy atom. The zero-order valence-corrected chi connectivity index (χ0v) is 18.4. The molecule has 0 spiro atoms. The molecule has 162 valence electrons. The molecule has 0 bridgehead atoms. The van der Waals surface area contributed by atoms with E-state index in [1.165, 1.54) is 0 Å². The number of hydrogen-bond acceptors (Lipinski definition) is 6. The quantitative estimate of drug-likeness (QED) is 0.491. The van der Waals surface area contributed by atoms with Crippen LogP contribution in [0.2, 0.25) is 0 Å². The lowest BCUT2D eigenvalue weighted by Gasteiger charge is -2.14. The third kappa shape index (κ3) is 5.49. The Labute approximate surface area is 176 Å². The highest BCUT2D eigenvalue weighted by atomic mass is 16.6. The van der Waals surface area contributed by atoms with Gasteiger partial charge >= 0.3 is 11.9 Å². The number of benzene rings is 1. The highest BCUT2D eigenvalue weighted by molar-refractivity contribution is 6.09. The Balaban J connectivity index is 2.02. The number of hydrogen-bond donors (Lipinski definition) is 1. The number of ether oxygens (including phenoxy) is 3. The highest BCUT2D eigenvalue weighted by Gasteiger charge is 2.26. The zero-order valence-electron chi connectivity index (χ0n) is 18.4. The normalized spacial score (nSPS) is 10.8. The monoisotopic (exact) mass is 415 g/mol. The Hall–Kier alpha value is -3.09. The minimum atomic E-state index is -0.665. The molecule has 0 saturated carbocycles. The maximum Gasteiger partial charge on any atom is 0.344 e. The summed E-state index contributed by atoms with van der Waals surface area (Å²) in [4.78, 5) is 39.9. The van der Waals surface area contributed by atoms with Crippen molar-refractivity contribution in [1.29, 1.82) is 0 Å². The molecule has 0 amide bonds. The highest BCUT2D eigenvalue weighted by Crippen LogP contribution is 2.27. The molecule has 0 aliphatic heterocycles. The largest absolute Gasteiger partial charge is 0.482 e. The van der Waals surface area contributed by atoms with Gasteiger partial charge in [0.2, 0.25) is 5.78 Å². The molecule has 1 N–H and O–H groups in total. The van der Waals surface area contributed by atoms with Gasteiger partial charge in [-0.05, 0) is 50.8 Å². The van der Waals surface area contributed by atoms with Crippen molar-refractivity contribution in [3.8, 4) is 5.75 Å². The molecule has 2 rings (SSSR count). The van der Waals surface area contributed by atoms with E-state index < -0.39 is 24.3 Å². The van der Waals surface area contributed by atoms with Crippen LogP contribution >= 0.6 is 0 Å². The second kappa shape index (κ2) is 10.1. The van der Waals surface area contributed by atoms with Crippen LogP contribution in [0.1, 0.15) is 69.9 Å². The molecule has 1 aromatic heterocycles. The number of Topliss-reactive ketones (excluding diaryl/α,β-unsaturated/α-hetero) is 1. The first-order valence-corrected chi connectivity index (χ1v) is 9.94. The van der Waals surface area contributed by atoms with E-state index >= 15 is 0 Å².